The molecule has 1 unspecified atom stereocenters. The molecule has 1 N–H and O–H groups in total. The van der Waals surface area contributed by atoms with Gasteiger partial charge in [-0.3, -0.25) is 9.59 Å². The lowest BCUT2D eigenvalue weighted by molar-refractivity contribution is -0.117. The first-order valence-corrected chi connectivity index (χ1v) is 9.60. The predicted molar refractivity (Wildman–Crippen MR) is 115 cm³/mol. The Morgan fingerprint density at radius 1 is 1.07 bits per heavy atom. The Hall–Kier alpha value is -3.48. The first-order valence-electron chi connectivity index (χ1n) is 9.60. The van der Waals surface area contributed by atoms with Gasteiger partial charge in [0.15, 0.2) is 11.5 Å². The quantitative estimate of drug-likeness (QED) is 0.710. The van der Waals surface area contributed by atoms with Gasteiger partial charge in [-0.25, -0.2) is 0 Å². The Morgan fingerprint density at radius 2 is 1.70 bits per heavy atom. The van der Waals surface area contributed by atoms with Crippen LogP contribution in [0.15, 0.2) is 42.5 Å². The molecule has 2 amide bonds. The zero-order valence-corrected chi connectivity index (χ0v) is 17.6. The van der Waals surface area contributed by atoms with Gasteiger partial charge in [0.1, 0.15) is 0 Å². The van der Waals surface area contributed by atoms with Crippen LogP contribution in [0.5, 0.6) is 17.2 Å². The van der Waals surface area contributed by atoms with Gasteiger partial charge in [0.05, 0.1) is 27.4 Å². The van der Waals surface area contributed by atoms with Gasteiger partial charge in [0.25, 0.3) is 0 Å². The van der Waals surface area contributed by atoms with Crippen molar-refractivity contribution in [2.75, 3.05) is 32.8 Å². The lowest BCUT2D eigenvalue weighted by Gasteiger charge is -2.17. The molecule has 0 radical (unpaired) electrons. The summed E-state index contributed by atoms with van der Waals surface area (Å²) in [5.41, 5.74) is 2.70. The smallest absolute Gasteiger partial charge is 0.244 e. The summed E-state index contributed by atoms with van der Waals surface area (Å²) in [5, 5.41) is 2.89. The molecular weight excluding hydrogens is 384 g/mol. The summed E-state index contributed by atoms with van der Waals surface area (Å²) in [6.07, 6.45) is 3.37. The summed E-state index contributed by atoms with van der Waals surface area (Å²) < 4.78 is 15.9. The monoisotopic (exact) mass is 410 g/mol. The first kappa shape index (κ1) is 21.2. The Bertz CT molecular complexity index is 928. The molecule has 3 rings (SSSR count). The molecule has 0 saturated carbocycles. The molecule has 1 fully saturated rings. The van der Waals surface area contributed by atoms with E-state index in [9.17, 15) is 9.59 Å². The second-order valence-corrected chi connectivity index (χ2v) is 7.04. The fraction of sp³-hybridized carbons (Fsp3) is 0.304. The van der Waals surface area contributed by atoms with E-state index in [1.165, 1.54) is 27.4 Å². The molecule has 158 valence electrons. The highest BCUT2D eigenvalue weighted by molar-refractivity contribution is 5.98. The van der Waals surface area contributed by atoms with Crippen molar-refractivity contribution in [2.24, 2.45) is 0 Å². The van der Waals surface area contributed by atoms with Crippen LogP contribution in [-0.4, -0.2) is 45.7 Å². The summed E-state index contributed by atoms with van der Waals surface area (Å²) >= 11 is 0. The number of carbonyl (C=O) groups excluding carboxylic acids is 2. The van der Waals surface area contributed by atoms with Crippen molar-refractivity contribution in [1.29, 1.82) is 0 Å². The standard InChI is InChI=1S/C23H26N2O5/c1-15-5-8-18(9-6-15)25-14-17(13-22(25)27)24-21(26)10-7-16-11-19(28-2)23(30-4)20(12-16)29-3/h5-12,17H,13-14H2,1-4H3,(H,24,26)/b10-7+. The average molecular weight is 410 g/mol. The van der Waals surface area contributed by atoms with E-state index in [2.05, 4.69) is 5.32 Å². The molecule has 0 spiro atoms. The molecular formula is C23H26N2O5. The number of aryl methyl sites for hydroxylation is 1. The number of amides is 2. The Kier molecular flexibility index (Phi) is 6.61. The van der Waals surface area contributed by atoms with Gasteiger partial charge in [-0.05, 0) is 42.8 Å². The van der Waals surface area contributed by atoms with Crippen LogP contribution in [0.1, 0.15) is 17.5 Å². The van der Waals surface area contributed by atoms with E-state index in [0.29, 0.717) is 23.8 Å². The van der Waals surface area contributed by atoms with Gasteiger partial charge in [-0.2, -0.15) is 0 Å². The highest BCUT2D eigenvalue weighted by atomic mass is 16.5. The van der Waals surface area contributed by atoms with E-state index < -0.39 is 0 Å². The Labute approximate surface area is 176 Å². The van der Waals surface area contributed by atoms with Crippen LogP contribution >= 0.6 is 0 Å². The third kappa shape index (κ3) is 4.74. The highest BCUT2D eigenvalue weighted by Gasteiger charge is 2.31. The van der Waals surface area contributed by atoms with Crippen molar-refractivity contribution >= 4 is 23.6 Å². The average Bonchev–Trinajstić information content (AvgIpc) is 3.11. The van der Waals surface area contributed by atoms with Gasteiger partial charge in [-0.15, -0.1) is 0 Å². The second-order valence-electron chi connectivity index (χ2n) is 7.04. The maximum atomic E-state index is 12.4. The molecule has 30 heavy (non-hydrogen) atoms. The van der Waals surface area contributed by atoms with Crippen molar-refractivity contribution in [3.05, 3.63) is 53.6 Å². The zero-order valence-electron chi connectivity index (χ0n) is 17.6. The molecule has 1 saturated heterocycles. The molecule has 1 aliphatic heterocycles. The van der Waals surface area contributed by atoms with Gasteiger partial charge in [0, 0.05) is 24.7 Å². The number of nitrogens with zero attached hydrogens (tertiary/aromatic N) is 1. The molecule has 0 bridgehead atoms. The Morgan fingerprint density at radius 3 is 2.27 bits per heavy atom. The lowest BCUT2D eigenvalue weighted by atomic mass is 10.1. The number of hydrogen-bond acceptors (Lipinski definition) is 5. The molecule has 7 heteroatoms. The van der Waals surface area contributed by atoms with Crippen LogP contribution in [0.4, 0.5) is 5.69 Å². The van der Waals surface area contributed by atoms with Crippen LogP contribution in [0.3, 0.4) is 0 Å². The Balaban J connectivity index is 1.65. The first-order chi connectivity index (χ1) is 14.4. The molecule has 7 nitrogen and oxygen atoms in total. The summed E-state index contributed by atoms with van der Waals surface area (Å²) in [7, 11) is 4.61. The number of nitrogens with one attached hydrogen (secondary N) is 1. The van der Waals surface area contributed by atoms with E-state index in [4.69, 9.17) is 14.2 Å². The van der Waals surface area contributed by atoms with E-state index in [1.807, 2.05) is 31.2 Å². The maximum absolute atomic E-state index is 12.4. The van der Waals surface area contributed by atoms with Crippen molar-refractivity contribution in [3.63, 3.8) is 0 Å². The molecule has 2 aromatic carbocycles. The molecule has 1 aliphatic rings. The van der Waals surface area contributed by atoms with Gasteiger partial charge < -0.3 is 24.4 Å². The summed E-state index contributed by atoms with van der Waals surface area (Å²) in [6, 6.07) is 11.0. The van der Waals surface area contributed by atoms with Crippen LogP contribution in [0, 0.1) is 6.92 Å². The zero-order chi connectivity index (χ0) is 21.7. The number of ether oxygens (including phenoxy) is 3. The predicted octanol–water partition coefficient (Wildman–Crippen LogP) is 2.96. The van der Waals surface area contributed by atoms with Gasteiger partial charge in [-0.1, -0.05) is 17.7 Å². The summed E-state index contributed by atoms with van der Waals surface area (Å²) in [4.78, 5) is 26.4. The molecule has 0 aromatic heterocycles. The second kappa shape index (κ2) is 9.35. The molecule has 1 heterocycles. The number of methoxy groups -OCH3 is 3. The van der Waals surface area contributed by atoms with Crippen molar-refractivity contribution in [3.8, 4) is 17.2 Å². The van der Waals surface area contributed by atoms with Crippen LogP contribution in [-0.2, 0) is 9.59 Å². The topological polar surface area (TPSA) is 77.1 Å². The van der Waals surface area contributed by atoms with Crippen LogP contribution < -0.4 is 24.4 Å². The number of anilines is 1. The third-order valence-corrected chi connectivity index (χ3v) is 4.93. The number of benzene rings is 2. The fourth-order valence-electron chi connectivity index (χ4n) is 3.40. The van der Waals surface area contributed by atoms with Crippen molar-refractivity contribution in [1.82, 2.24) is 5.32 Å². The van der Waals surface area contributed by atoms with E-state index in [1.54, 1.807) is 23.1 Å². The SMILES string of the molecule is COc1cc(/C=C/C(=O)NC2CC(=O)N(c3ccc(C)cc3)C2)cc(OC)c1OC. The largest absolute Gasteiger partial charge is 0.493 e. The van der Waals surface area contributed by atoms with Gasteiger partial charge in [0.2, 0.25) is 17.6 Å². The summed E-state index contributed by atoms with van der Waals surface area (Å²) in [5.74, 6) is 1.23. The minimum Gasteiger partial charge on any atom is -0.493 e. The lowest BCUT2D eigenvalue weighted by Crippen LogP contribution is -2.36. The van der Waals surface area contributed by atoms with E-state index in [-0.39, 0.29) is 24.3 Å². The van der Waals surface area contributed by atoms with Gasteiger partial charge >= 0.3 is 0 Å². The molecule has 2 aromatic rings. The van der Waals surface area contributed by atoms with E-state index >= 15 is 0 Å². The maximum Gasteiger partial charge on any atom is 0.244 e. The minimum absolute atomic E-state index is 0.00207. The number of rotatable bonds is 7. The normalized spacial score (nSPS) is 16.1. The van der Waals surface area contributed by atoms with Crippen molar-refractivity contribution in [2.45, 2.75) is 19.4 Å². The minimum atomic E-state index is -0.271. The number of hydrogen-bond donors (Lipinski definition) is 1. The molecule has 1 atom stereocenters. The van der Waals surface area contributed by atoms with Crippen LogP contribution in [0.25, 0.3) is 6.08 Å². The third-order valence-electron chi connectivity index (χ3n) is 4.93. The summed E-state index contributed by atoms with van der Waals surface area (Å²) in [6.45, 7) is 2.45. The number of carbonyl (C=O) groups is 2. The highest BCUT2D eigenvalue weighted by Crippen LogP contribution is 2.38. The fourth-order valence-corrected chi connectivity index (χ4v) is 3.40. The van der Waals surface area contributed by atoms with Crippen LogP contribution in [0.2, 0.25) is 0 Å². The van der Waals surface area contributed by atoms with Crippen molar-refractivity contribution < 1.29 is 23.8 Å². The van der Waals surface area contributed by atoms with E-state index in [0.717, 1.165) is 16.8 Å². The molecule has 0 aliphatic carbocycles.